The number of hydrogen-bond donors (Lipinski definition) is 0. The summed E-state index contributed by atoms with van der Waals surface area (Å²) in [5.74, 6) is 1.83. The molecule has 5 heteroatoms. The highest BCUT2D eigenvalue weighted by atomic mass is 16.5. The number of rotatable bonds is 6. The van der Waals surface area contributed by atoms with Crippen molar-refractivity contribution in [3.63, 3.8) is 0 Å². The second-order valence-corrected chi connectivity index (χ2v) is 9.44. The van der Waals surface area contributed by atoms with Gasteiger partial charge in [0, 0.05) is 11.1 Å². The van der Waals surface area contributed by atoms with Crippen LogP contribution in [0.1, 0.15) is 81.5 Å². The first kappa shape index (κ1) is 30.6. The first-order chi connectivity index (χ1) is 16.9. The molecule has 0 atom stereocenters. The normalized spacial score (nSPS) is 14.1. The highest BCUT2D eigenvalue weighted by Crippen LogP contribution is 2.40. The molecule has 0 unspecified atom stereocenters. The fourth-order valence-electron chi connectivity index (χ4n) is 3.86. The van der Waals surface area contributed by atoms with Crippen LogP contribution >= 0.6 is 0 Å². The second kappa shape index (κ2) is 14.8. The van der Waals surface area contributed by atoms with Gasteiger partial charge in [-0.15, -0.1) is 0 Å². The third kappa shape index (κ3) is 10.4. The number of Topliss-reactive ketones (excluding diaryl/α,β-unsaturated/α-hetero) is 2. The predicted molar refractivity (Wildman–Crippen MR) is 146 cm³/mol. The van der Waals surface area contributed by atoms with Gasteiger partial charge in [-0.3, -0.25) is 14.4 Å². The zero-order chi connectivity index (χ0) is 27.3. The van der Waals surface area contributed by atoms with Crippen LogP contribution in [0.25, 0.3) is 0 Å². The lowest BCUT2D eigenvalue weighted by molar-refractivity contribution is -0.112. The van der Waals surface area contributed by atoms with Crippen LogP contribution in [0.4, 0.5) is 0 Å². The third-order valence-corrected chi connectivity index (χ3v) is 6.02. The lowest BCUT2D eigenvalue weighted by Crippen LogP contribution is -2.19. The van der Waals surface area contributed by atoms with Gasteiger partial charge in [0.05, 0.1) is 14.2 Å². The van der Waals surface area contributed by atoms with Crippen molar-refractivity contribution in [2.75, 3.05) is 14.2 Å². The van der Waals surface area contributed by atoms with Gasteiger partial charge in [0.15, 0.2) is 17.3 Å². The molecule has 2 aromatic carbocycles. The predicted octanol–water partition coefficient (Wildman–Crippen LogP) is 7.45. The maximum Gasteiger partial charge on any atom is 0.159 e. The van der Waals surface area contributed by atoms with E-state index >= 15 is 0 Å². The third-order valence-electron chi connectivity index (χ3n) is 6.02. The number of ether oxygens (including phenoxy) is 2. The van der Waals surface area contributed by atoms with E-state index in [9.17, 15) is 14.4 Å². The van der Waals surface area contributed by atoms with Gasteiger partial charge in [0.1, 0.15) is 11.5 Å². The van der Waals surface area contributed by atoms with Crippen molar-refractivity contribution in [1.82, 2.24) is 0 Å². The molecule has 2 aromatic rings. The number of allylic oxidation sites excluding steroid dienone is 4. The highest BCUT2D eigenvalue weighted by molar-refractivity contribution is 5.94. The largest absolute Gasteiger partial charge is 0.497 e. The zero-order valence-corrected chi connectivity index (χ0v) is 22.9. The molecule has 0 aromatic heterocycles. The zero-order valence-electron chi connectivity index (χ0n) is 22.9. The number of carbonyl (C=O) groups excluding carboxylic acids is 3. The second-order valence-electron chi connectivity index (χ2n) is 9.44. The molecule has 0 saturated carbocycles. The average Bonchev–Trinajstić information content (AvgIpc) is 2.84. The molecule has 1 aliphatic rings. The standard InChI is InChI=1S/C13H20O.2C9H10O2/c1-10-6-5-9-13(3,4)12(10)8-7-11(2)14;2*1-7(10)8-3-5-9(11-2)6-4-8/h7-8H,5-6,9H2,1-4H3;2*3-6H,1-2H3/b8-7+;;. The van der Waals surface area contributed by atoms with Gasteiger partial charge < -0.3 is 9.47 Å². The van der Waals surface area contributed by atoms with E-state index in [1.165, 1.54) is 30.4 Å². The molecule has 0 amide bonds. The molecule has 194 valence electrons. The van der Waals surface area contributed by atoms with Crippen LogP contribution in [0.2, 0.25) is 0 Å². The summed E-state index contributed by atoms with van der Waals surface area (Å²) >= 11 is 0. The van der Waals surface area contributed by atoms with Crippen LogP contribution in [-0.2, 0) is 4.79 Å². The van der Waals surface area contributed by atoms with Crippen LogP contribution in [0.15, 0.2) is 71.8 Å². The Morgan fingerprint density at radius 1 is 0.778 bits per heavy atom. The molecule has 3 rings (SSSR count). The molecule has 0 bridgehead atoms. The molecular formula is C31H40O5. The van der Waals surface area contributed by atoms with Gasteiger partial charge in [-0.05, 0) is 113 Å². The van der Waals surface area contributed by atoms with Crippen LogP contribution in [0.5, 0.6) is 11.5 Å². The van der Waals surface area contributed by atoms with E-state index < -0.39 is 0 Å². The van der Waals surface area contributed by atoms with Gasteiger partial charge in [0.2, 0.25) is 0 Å². The summed E-state index contributed by atoms with van der Waals surface area (Å²) in [6, 6.07) is 14.1. The van der Waals surface area contributed by atoms with Gasteiger partial charge in [-0.1, -0.05) is 25.5 Å². The topological polar surface area (TPSA) is 69.7 Å². The van der Waals surface area contributed by atoms with E-state index in [4.69, 9.17) is 9.47 Å². The summed E-state index contributed by atoms with van der Waals surface area (Å²) in [5.41, 5.74) is 4.48. The van der Waals surface area contributed by atoms with Gasteiger partial charge >= 0.3 is 0 Å². The Morgan fingerprint density at radius 3 is 1.50 bits per heavy atom. The molecule has 0 heterocycles. The first-order valence-corrected chi connectivity index (χ1v) is 12.1. The molecule has 36 heavy (non-hydrogen) atoms. The minimum atomic E-state index is 0.0765. The Balaban J connectivity index is 0.000000273. The summed E-state index contributed by atoms with van der Waals surface area (Å²) in [7, 11) is 3.20. The van der Waals surface area contributed by atoms with Crippen LogP contribution < -0.4 is 9.47 Å². The van der Waals surface area contributed by atoms with Crippen molar-refractivity contribution in [3.8, 4) is 11.5 Å². The van der Waals surface area contributed by atoms with Crippen LogP contribution in [-0.4, -0.2) is 31.6 Å². The molecule has 0 spiro atoms. The van der Waals surface area contributed by atoms with Crippen molar-refractivity contribution >= 4 is 17.3 Å². The summed E-state index contributed by atoms with van der Waals surface area (Å²) in [6.45, 7) is 11.4. The summed E-state index contributed by atoms with van der Waals surface area (Å²) in [4.78, 5) is 32.5. The number of methoxy groups -OCH3 is 2. The smallest absolute Gasteiger partial charge is 0.159 e. The quantitative estimate of drug-likeness (QED) is 0.309. The maximum absolute atomic E-state index is 10.9. The highest BCUT2D eigenvalue weighted by Gasteiger charge is 2.26. The number of ketones is 3. The van der Waals surface area contributed by atoms with Crippen molar-refractivity contribution in [2.24, 2.45) is 5.41 Å². The van der Waals surface area contributed by atoms with Crippen LogP contribution in [0, 0.1) is 5.41 Å². The maximum atomic E-state index is 10.9. The Morgan fingerprint density at radius 2 is 1.19 bits per heavy atom. The van der Waals surface area contributed by atoms with Crippen molar-refractivity contribution in [3.05, 3.63) is 83.0 Å². The molecule has 0 aliphatic heterocycles. The molecular weight excluding hydrogens is 452 g/mol. The number of carbonyl (C=O) groups is 3. The molecule has 0 N–H and O–H groups in total. The van der Waals surface area contributed by atoms with E-state index in [0.29, 0.717) is 11.1 Å². The van der Waals surface area contributed by atoms with Gasteiger partial charge in [0.25, 0.3) is 0 Å². The van der Waals surface area contributed by atoms with E-state index in [-0.39, 0.29) is 22.8 Å². The number of benzene rings is 2. The molecule has 0 radical (unpaired) electrons. The average molecular weight is 493 g/mol. The summed E-state index contributed by atoms with van der Waals surface area (Å²) in [6.07, 6.45) is 7.38. The Hall–Kier alpha value is -3.47. The Bertz CT molecular complexity index is 1010. The summed E-state index contributed by atoms with van der Waals surface area (Å²) in [5, 5.41) is 0. The SMILES string of the molecule is CC(=O)/C=C/C1=C(C)CCCC1(C)C.COc1ccc(C(C)=O)cc1.COc1ccc(C(C)=O)cc1. The fraction of sp³-hybridized carbons (Fsp3) is 0.387. The van der Waals surface area contributed by atoms with Crippen molar-refractivity contribution < 1.29 is 23.9 Å². The van der Waals surface area contributed by atoms with Gasteiger partial charge in [-0.25, -0.2) is 0 Å². The summed E-state index contributed by atoms with van der Waals surface area (Å²) < 4.78 is 9.88. The van der Waals surface area contributed by atoms with E-state index in [0.717, 1.165) is 11.5 Å². The van der Waals surface area contributed by atoms with Crippen molar-refractivity contribution in [1.29, 1.82) is 0 Å². The Kier molecular flexibility index (Phi) is 12.6. The molecule has 1 aliphatic carbocycles. The van der Waals surface area contributed by atoms with E-state index in [2.05, 4.69) is 20.8 Å². The Labute approximate surface area is 216 Å². The monoisotopic (exact) mass is 492 g/mol. The first-order valence-electron chi connectivity index (χ1n) is 12.1. The lowest BCUT2D eigenvalue weighted by Gasteiger charge is -2.32. The molecule has 5 nitrogen and oxygen atoms in total. The van der Waals surface area contributed by atoms with E-state index in [1.54, 1.807) is 89.6 Å². The lowest BCUT2D eigenvalue weighted by atomic mass is 9.72. The molecule has 0 saturated heterocycles. The van der Waals surface area contributed by atoms with Crippen molar-refractivity contribution in [2.45, 2.75) is 60.8 Å². The molecule has 0 fully saturated rings. The van der Waals surface area contributed by atoms with Crippen LogP contribution in [0.3, 0.4) is 0 Å². The number of hydrogen-bond acceptors (Lipinski definition) is 5. The fourth-order valence-corrected chi connectivity index (χ4v) is 3.86. The minimum Gasteiger partial charge on any atom is -0.497 e. The minimum absolute atomic E-state index is 0.0765. The van der Waals surface area contributed by atoms with Gasteiger partial charge in [-0.2, -0.15) is 0 Å². The van der Waals surface area contributed by atoms with E-state index in [1.807, 2.05) is 6.08 Å².